The van der Waals surface area contributed by atoms with E-state index in [2.05, 4.69) is 45.1 Å². The van der Waals surface area contributed by atoms with E-state index in [1.807, 2.05) is 6.92 Å². The Morgan fingerprint density at radius 1 is 1.47 bits per heavy atom. The van der Waals surface area contributed by atoms with Crippen LogP contribution in [0.2, 0.25) is 0 Å². The van der Waals surface area contributed by atoms with Crippen LogP contribution < -0.4 is 5.32 Å². The van der Waals surface area contributed by atoms with Gasteiger partial charge in [-0.05, 0) is 55.5 Å². The monoisotopic (exact) mass is 269 g/mol. The number of aryl methyl sites for hydroxylation is 1. The van der Waals surface area contributed by atoms with Crippen LogP contribution in [0.5, 0.6) is 0 Å². The number of nitrogens with one attached hydrogen (secondary N) is 1. The molecule has 1 aromatic rings. The summed E-state index contributed by atoms with van der Waals surface area (Å²) >= 11 is 3.47. The molecule has 0 amide bonds. The summed E-state index contributed by atoms with van der Waals surface area (Å²) in [5, 5.41) is 3.49. The molecule has 1 aliphatic carbocycles. The van der Waals surface area contributed by atoms with Gasteiger partial charge in [-0.15, -0.1) is 0 Å². The highest BCUT2D eigenvalue weighted by molar-refractivity contribution is 9.10. The van der Waals surface area contributed by atoms with Gasteiger partial charge in [0.2, 0.25) is 0 Å². The first-order valence-corrected chi connectivity index (χ1v) is 6.05. The van der Waals surface area contributed by atoms with Crippen molar-refractivity contribution in [1.29, 1.82) is 0 Å². The summed E-state index contributed by atoms with van der Waals surface area (Å²) in [6.45, 7) is 6.37. The molecule has 2 rings (SSSR count). The molecule has 0 unspecified atom stereocenters. The minimum atomic E-state index is 0.128. The quantitative estimate of drug-likeness (QED) is 0.916. The lowest BCUT2D eigenvalue weighted by Crippen LogP contribution is -2.34. The van der Waals surface area contributed by atoms with E-state index in [0.29, 0.717) is 0 Å². The lowest BCUT2D eigenvalue weighted by Gasteiger charge is -2.27. The minimum Gasteiger partial charge on any atom is -0.364 e. The minimum absolute atomic E-state index is 0.128. The molecule has 0 aromatic carbocycles. The number of aromatic nitrogens is 2. The van der Waals surface area contributed by atoms with Gasteiger partial charge >= 0.3 is 0 Å². The largest absolute Gasteiger partial charge is 0.364 e. The Bertz CT molecular complexity index is 372. The smallest absolute Gasteiger partial charge is 0.144 e. The fraction of sp³-hybridized carbons (Fsp3) is 0.636. The van der Waals surface area contributed by atoms with Crippen molar-refractivity contribution in [2.24, 2.45) is 5.92 Å². The number of halogens is 1. The molecule has 1 N–H and O–H groups in total. The zero-order chi connectivity index (χ0) is 11.1. The first-order valence-electron chi connectivity index (χ1n) is 5.26. The topological polar surface area (TPSA) is 37.8 Å². The molecular formula is C11H16BrN3. The van der Waals surface area contributed by atoms with E-state index in [1.54, 1.807) is 6.20 Å². The summed E-state index contributed by atoms with van der Waals surface area (Å²) in [5.74, 6) is 2.48. The van der Waals surface area contributed by atoms with Gasteiger partial charge in [0.25, 0.3) is 0 Å². The fourth-order valence-corrected chi connectivity index (χ4v) is 2.05. The van der Waals surface area contributed by atoms with Crippen molar-refractivity contribution in [3.63, 3.8) is 0 Å². The molecule has 0 bridgehead atoms. The fourth-order valence-electron chi connectivity index (χ4n) is 1.76. The molecule has 0 aliphatic heterocycles. The van der Waals surface area contributed by atoms with Crippen LogP contribution in [0.1, 0.15) is 32.5 Å². The van der Waals surface area contributed by atoms with E-state index in [9.17, 15) is 0 Å². The van der Waals surface area contributed by atoms with E-state index >= 15 is 0 Å². The van der Waals surface area contributed by atoms with E-state index in [4.69, 9.17) is 0 Å². The number of rotatable bonds is 3. The third kappa shape index (κ3) is 2.48. The van der Waals surface area contributed by atoms with Crippen LogP contribution >= 0.6 is 15.9 Å². The van der Waals surface area contributed by atoms with Crippen molar-refractivity contribution in [3.05, 3.63) is 16.5 Å². The van der Waals surface area contributed by atoms with Crippen LogP contribution in [-0.2, 0) is 0 Å². The van der Waals surface area contributed by atoms with Crippen LogP contribution in [-0.4, -0.2) is 15.5 Å². The van der Waals surface area contributed by atoms with Gasteiger partial charge in [0.15, 0.2) is 0 Å². The summed E-state index contributed by atoms with van der Waals surface area (Å²) in [6.07, 6.45) is 4.44. The van der Waals surface area contributed by atoms with Gasteiger partial charge in [-0.25, -0.2) is 9.97 Å². The van der Waals surface area contributed by atoms with Gasteiger partial charge < -0.3 is 5.32 Å². The Morgan fingerprint density at radius 2 is 2.13 bits per heavy atom. The highest BCUT2D eigenvalue weighted by Gasteiger charge is 2.38. The van der Waals surface area contributed by atoms with Crippen molar-refractivity contribution < 1.29 is 0 Å². The van der Waals surface area contributed by atoms with Gasteiger partial charge in [-0.3, -0.25) is 0 Å². The summed E-state index contributed by atoms with van der Waals surface area (Å²) < 4.78 is 0.932. The first-order chi connectivity index (χ1) is 6.99. The zero-order valence-corrected chi connectivity index (χ0v) is 10.9. The average Bonchev–Trinajstić information content (AvgIpc) is 2.93. The van der Waals surface area contributed by atoms with Gasteiger partial charge in [-0.1, -0.05) is 0 Å². The number of nitrogens with zero attached hydrogens (tertiary/aromatic N) is 2. The zero-order valence-electron chi connectivity index (χ0n) is 9.34. The third-order valence-corrected chi connectivity index (χ3v) is 3.48. The Hall–Kier alpha value is -0.640. The second-order valence-corrected chi connectivity index (χ2v) is 5.59. The summed E-state index contributed by atoms with van der Waals surface area (Å²) in [7, 11) is 0. The second-order valence-electron chi connectivity index (χ2n) is 4.73. The molecule has 0 spiro atoms. The van der Waals surface area contributed by atoms with E-state index in [-0.39, 0.29) is 5.54 Å². The summed E-state index contributed by atoms with van der Waals surface area (Å²) in [6, 6.07) is 0. The van der Waals surface area contributed by atoms with Crippen molar-refractivity contribution in [2.45, 2.75) is 39.2 Å². The highest BCUT2D eigenvalue weighted by atomic mass is 79.9. The van der Waals surface area contributed by atoms with E-state index in [1.165, 1.54) is 12.8 Å². The van der Waals surface area contributed by atoms with Crippen LogP contribution in [0.3, 0.4) is 0 Å². The lowest BCUT2D eigenvalue weighted by atomic mass is 9.99. The van der Waals surface area contributed by atoms with Crippen LogP contribution in [0.25, 0.3) is 0 Å². The molecule has 1 heterocycles. The molecule has 1 aliphatic rings. The SMILES string of the molecule is Cc1ncc(Br)c(NC(C)(C)C2CC2)n1. The van der Waals surface area contributed by atoms with Crippen LogP contribution in [0.4, 0.5) is 5.82 Å². The van der Waals surface area contributed by atoms with E-state index < -0.39 is 0 Å². The molecule has 1 saturated carbocycles. The van der Waals surface area contributed by atoms with Crippen molar-refractivity contribution in [2.75, 3.05) is 5.32 Å². The Balaban J connectivity index is 2.19. The van der Waals surface area contributed by atoms with Crippen molar-refractivity contribution in [1.82, 2.24) is 9.97 Å². The molecule has 82 valence electrons. The standard InChI is InChI=1S/C11H16BrN3/c1-7-13-6-9(12)10(14-7)15-11(2,3)8-4-5-8/h6,8H,4-5H2,1-3H3,(H,13,14,15). The Morgan fingerprint density at radius 3 is 2.73 bits per heavy atom. The predicted octanol–water partition coefficient (Wildman–Crippen LogP) is 3.15. The van der Waals surface area contributed by atoms with E-state index in [0.717, 1.165) is 22.0 Å². The average molecular weight is 270 g/mol. The molecule has 1 aromatic heterocycles. The van der Waals surface area contributed by atoms with Crippen LogP contribution in [0.15, 0.2) is 10.7 Å². The van der Waals surface area contributed by atoms with Gasteiger partial charge in [-0.2, -0.15) is 0 Å². The molecule has 0 saturated heterocycles. The Kier molecular flexibility index (Phi) is 2.71. The second kappa shape index (κ2) is 3.74. The molecule has 1 fully saturated rings. The number of anilines is 1. The third-order valence-electron chi connectivity index (χ3n) is 2.90. The van der Waals surface area contributed by atoms with Crippen LogP contribution in [0, 0.1) is 12.8 Å². The van der Waals surface area contributed by atoms with Gasteiger partial charge in [0, 0.05) is 11.7 Å². The molecule has 4 heteroatoms. The molecule has 3 nitrogen and oxygen atoms in total. The predicted molar refractivity (Wildman–Crippen MR) is 64.9 cm³/mol. The van der Waals surface area contributed by atoms with Crippen molar-refractivity contribution in [3.8, 4) is 0 Å². The lowest BCUT2D eigenvalue weighted by molar-refractivity contribution is 0.492. The first kappa shape index (κ1) is 10.9. The maximum absolute atomic E-state index is 4.40. The summed E-state index contributed by atoms with van der Waals surface area (Å²) in [4.78, 5) is 8.53. The maximum atomic E-state index is 4.40. The molecule has 15 heavy (non-hydrogen) atoms. The summed E-state index contributed by atoms with van der Waals surface area (Å²) in [5.41, 5.74) is 0.128. The normalized spacial score (nSPS) is 16.5. The maximum Gasteiger partial charge on any atom is 0.144 e. The molecular weight excluding hydrogens is 254 g/mol. The number of hydrogen-bond acceptors (Lipinski definition) is 3. The molecule has 0 radical (unpaired) electrons. The van der Waals surface area contributed by atoms with Gasteiger partial charge in [0.05, 0.1) is 4.47 Å². The van der Waals surface area contributed by atoms with Crippen molar-refractivity contribution >= 4 is 21.7 Å². The van der Waals surface area contributed by atoms with Gasteiger partial charge in [0.1, 0.15) is 11.6 Å². The number of hydrogen-bond donors (Lipinski definition) is 1. The molecule has 0 atom stereocenters. The highest BCUT2D eigenvalue weighted by Crippen LogP contribution is 2.41. The Labute approximate surface area is 98.8 Å².